The van der Waals surface area contributed by atoms with Crippen molar-refractivity contribution in [2.75, 3.05) is 25.9 Å². The highest BCUT2D eigenvalue weighted by Gasteiger charge is 2.18. The third kappa shape index (κ3) is 4.00. The average Bonchev–Trinajstić information content (AvgIpc) is 2.87. The van der Waals surface area contributed by atoms with E-state index in [-0.39, 0.29) is 0 Å². The van der Waals surface area contributed by atoms with Gasteiger partial charge in [0.2, 0.25) is 0 Å². The molecule has 2 rings (SSSR count). The Kier molecular flexibility index (Phi) is 5.10. The van der Waals surface area contributed by atoms with Gasteiger partial charge in [0, 0.05) is 11.4 Å². The van der Waals surface area contributed by atoms with Gasteiger partial charge in [0.1, 0.15) is 9.96 Å². The summed E-state index contributed by atoms with van der Waals surface area (Å²) >= 11 is 1.24. The van der Waals surface area contributed by atoms with Crippen molar-refractivity contribution in [2.24, 2.45) is 0 Å². The minimum atomic E-state index is -3.58. The van der Waals surface area contributed by atoms with Gasteiger partial charge in [0.15, 0.2) is 0 Å². The SMILES string of the molecule is COc1cc(CN(C)C)ccc1NS(=O)(=O)c1ccc(C)s1. The molecular formula is C15H20N2O3S2. The maximum absolute atomic E-state index is 12.4. The standard InChI is InChI=1S/C15H20N2O3S2/c1-11-5-8-15(21-11)22(18,19)16-13-7-6-12(10-17(2)3)9-14(13)20-4/h5-9,16H,10H2,1-4H3. The molecule has 1 aromatic carbocycles. The van der Waals surface area contributed by atoms with Crippen LogP contribution in [0.25, 0.3) is 0 Å². The Bertz CT molecular complexity index is 752. The van der Waals surface area contributed by atoms with Crippen molar-refractivity contribution in [3.8, 4) is 5.75 Å². The second-order valence-electron chi connectivity index (χ2n) is 5.24. The van der Waals surface area contributed by atoms with E-state index < -0.39 is 10.0 Å². The first-order chi connectivity index (χ1) is 10.3. The zero-order valence-electron chi connectivity index (χ0n) is 13.1. The molecule has 22 heavy (non-hydrogen) atoms. The van der Waals surface area contributed by atoms with Crippen molar-refractivity contribution in [3.05, 3.63) is 40.8 Å². The van der Waals surface area contributed by atoms with Gasteiger partial charge in [-0.3, -0.25) is 4.72 Å². The highest BCUT2D eigenvalue weighted by molar-refractivity contribution is 7.94. The molecule has 0 spiro atoms. The lowest BCUT2D eigenvalue weighted by Crippen LogP contribution is -2.13. The van der Waals surface area contributed by atoms with E-state index in [1.807, 2.05) is 38.1 Å². The van der Waals surface area contributed by atoms with Gasteiger partial charge in [0.05, 0.1) is 12.8 Å². The maximum Gasteiger partial charge on any atom is 0.271 e. The lowest BCUT2D eigenvalue weighted by Gasteiger charge is -2.14. The van der Waals surface area contributed by atoms with Crippen LogP contribution in [0.15, 0.2) is 34.5 Å². The van der Waals surface area contributed by atoms with Crippen LogP contribution in [0.1, 0.15) is 10.4 Å². The summed E-state index contributed by atoms with van der Waals surface area (Å²) in [6.07, 6.45) is 0. The number of anilines is 1. The Hall–Kier alpha value is -1.57. The van der Waals surface area contributed by atoms with E-state index in [0.717, 1.165) is 17.0 Å². The average molecular weight is 340 g/mol. The fourth-order valence-corrected chi connectivity index (χ4v) is 4.39. The fraction of sp³-hybridized carbons (Fsp3) is 0.333. The largest absolute Gasteiger partial charge is 0.495 e. The lowest BCUT2D eigenvalue weighted by atomic mass is 10.2. The third-order valence-electron chi connectivity index (χ3n) is 2.99. The molecule has 0 amide bonds. The minimum absolute atomic E-state index is 0.296. The van der Waals surface area contributed by atoms with E-state index in [2.05, 4.69) is 4.72 Å². The Morgan fingerprint density at radius 2 is 1.95 bits per heavy atom. The summed E-state index contributed by atoms with van der Waals surface area (Å²) in [6.45, 7) is 2.63. The van der Waals surface area contributed by atoms with Crippen molar-refractivity contribution >= 4 is 27.0 Å². The van der Waals surface area contributed by atoms with Crippen LogP contribution in [0, 0.1) is 6.92 Å². The summed E-state index contributed by atoms with van der Waals surface area (Å²) in [4.78, 5) is 2.99. The van der Waals surface area contributed by atoms with Crippen molar-refractivity contribution < 1.29 is 13.2 Å². The predicted octanol–water partition coefficient (Wildman–Crippen LogP) is 2.93. The molecule has 0 radical (unpaired) electrons. The predicted molar refractivity (Wildman–Crippen MR) is 90.2 cm³/mol. The van der Waals surface area contributed by atoms with Gasteiger partial charge in [-0.05, 0) is 50.8 Å². The molecule has 2 aromatic rings. The number of ether oxygens (including phenoxy) is 1. The van der Waals surface area contributed by atoms with Crippen LogP contribution in [0.5, 0.6) is 5.75 Å². The zero-order chi connectivity index (χ0) is 16.3. The van der Waals surface area contributed by atoms with Gasteiger partial charge in [-0.2, -0.15) is 0 Å². The molecule has 0 fully saturated rings. The van der Waals surface area contributed by atoms with Crippen LogP contribution < -0.4 is 9.46 Å². The van der Waals surface area contributed by atoms with Crippen LogP contribution in [0.3, 0.4) is 0 Å². The molecule has 0 atom stereocenters. The number of methoxy groups -OCH3 is 1. The van der Waals surface area contributed by atoms with Crippen LogP contribution in [0.2, 0.25) is 0 Å². The van der Waals surface area contributed by atoms with E-state index in [9.17, 15) is 8.42 Å². The Morgan fingerprint density at radius 1 is 1.23 bits per heavy atom. The summed E-state index contributed by atoms with van der Waals surface area (Å²) in [5, 5.41) is 0. The zero-order valence-corrected chi connectivity index (χ0v) is 14.7. The van der Waals surface area contributed by atoms with Gasteiger partial charge < -0.3 is 9.64 Å². The van der Waals surface area contributed by atoms with E-state index in [4.69, 9.17) is 4.74 Å². The van der Waals surface area contributed by atoms with Crippen LogP contribution in [-0.4, -0.2) is 34.5 Å². The first-order valence-corrected chi connectivity index (χ1v) is 9.02. The van der Waals surface area contributed by atoms with Gasteiger partial charge in [-0.15, -0.1) is 11.3 Å². The highest BCUT2D eigenvalue weighted by Crippen LogP contribution is 2.30. The van der Waals surface area contributed by atoms with Gasteiger partial charge in [0.25, 0.3) is 10.0 Å². The first-order valence-electron chi connectivity index (χ1n) is 6.73. The molecule has 0 aliphatic heterocycles. The van der Waals surface area contributed by atoms with Crippen LogP contribution in [0.4, 0.5) is 5.69 Å². The number of rotatable bonds is 6. The molecule has 5 nitrogen and oxygen atoms in total. The molecule has 1 N–H and O–H groups in total. The maximum atomic E-state index is 12.4. The van der Waals surface area contributed by atoms with Crippen molar-refractivity contribution in [1.82, 2.24) is 4.90 Å². The summed E-state index contributed by atoms with van der Waals surface area (Å²) < 4.78 is 33.0. The summed E-state index contributed by atoms with van der Waals surface area (Å²) in [5.74, 6) is 0.510. The van der Waals surface area contributed by atoms with E-state index in [0.29, 0.717) is 15.6 Å². The monoisotopic (exact) mass is 340 g/mol. The number of aryl methyl sites for hydroxylation is 1. The number of thiophene rings is 1. The molecule has 0 aliphatic carbocycles. The summed E-state index contributed by atoms with van der Waals surface area (Å²) in [5.41, 5.74) is 1.49. The number of benzene rings is 1. The minimum Gasteiger partial charge on any atom is -0.495 e. The molecule has 1 heterocycles. The smallest absolute Gasteiger partial charge is 0.271 e. The molecule has 0 unspecified atom stereocenters. The molecule has 0 saturated carbocycles. The van der Waals surface area contributed by atoms with Gasteiger partial charge in [-0.25, -0.2) is 8.42 Å². The normalized spacial score (nSPS) is 11.7. The summed E-state index contributed by atoms with van der Waals surface area (Å²) in [6, 6.07) is 8.86. The lowest BCUT2D eigenvalue weighted by molar-refractivity contribution is 0.396. The Morgan fingerprint density at radius 3 is 2.50 bits per heavy atom. The van der Waals surface area contributed by atoms with Gasteiger partial charge >= 0.3 is 0 Å². The van der Waals surface area contributed by atoms with E-state index >= 15 is 0 Å². The number of nitrogens with one attached hydrogen (secondary N) is 1. The number of sulfonamides is 1. The van der Waals surface area contributed by atoms with Gasteiger partial charge in [-0.1, -0.05) is 6.07 Å². The van der Waals surface area contributed by atoms with Crippen LogP contribution >= 0.6 is 11.3 Å². The van der Waals surface area contributed by atoms with Crippen molar-refractivity contribution in [3.63, 3.8) is 0 Å². The fourth-order valence-electron chi connectivity index (χ4n) is 2.04. The molecule has 0 saturated heterocycles. The van der Waals surface area contributed by atoms with Crippen molar-refractivity contribution in [1.29, 1.82) is 0 Å². The molecule has 0 aliphatic rings. The first kappa shape index (κ1) is 16.8. The Labute approximate surface area is 135 Å². The van der Waals surface area contributed by atoms with E-state index in [1.165, 1.54) is 18.4 Å². The third-order valence-corrected chi connectivity index (χ3v) is 5.85. The van der Waals surface area contributed by atoms with Crippen molar-refractivity contribution in [2.45, 2.75) is 17.7 Å². The Balaban J connectivity index is 2.29. The highest BCUT2D eigenvalue weighted by atomic mass is 32.2. The van der Waals surface area contributed by atoms with E-state index in [1.54, 1.807) is 18.2 Å². The summed E-state index contributed by atoms with van der Waals surface area (Å²) in [7, 11) is 1.90. The van der Waals surface area contributed by atoms with Crippen LogP contribution in [-0.2, 0) is 16.6 Å². The topological polar surface area (TPSA) is 58.6 Å². The second kappa shape index (κ2) is 6.68. The number of nitrogens with zero attached hydrogens (tertiary/aromatic N) is 1. The molecular weight excluding hydrogens is 320 g/mol. The molecule has 7 heteroatoms. The number of hydrogen-bond acceptors (Lipinski definition) is 5. The molecule has 120 valence electrons. The number of hydrogen-bond donors (Lipinski definition) is 1. The molecule has 1 aromatic heterocycles. The second-order valence-corrected chi connectivity index (χ2v) is 8.44. The quantitative estimate of drug-likeness (QED) is 0.878. The molecule has 0 bridgehead atoms.